The van der Waals surface area contributed by atoms with Crippen LogP contribution in [0.25, 0.3) is 11.2 Å². The second-order valence-electron chi connectivity index (χ2n) is 6.27. The summed E-state index contributed by atoms with van der Waals surface area (Å²) in [5, 5.41) is 0. The number of hydrogen-bond donors (Lipinski definition) is 2. The minimum Gasteiger partial charge on any atom is -0.463 e. The van der Waals surface area contributed by atoms with Crippen LogP contribution in [0.3, 0.4) is 0 Å². The molecule has 29 heavy (non-hydrogen) atoms. The van der Waals surface area contributed by atoms with Gasteiger partial charge >= 0.3 is 17.9 Å². The van der Waals surface area contributed by atoms with Gasteiger partial charge in [-0.3, -0.25) is 19.0 Å². The van der Waals surface area contributed by atoms with Crippen molar-refractivity contribution in [2.75, 3.05) is 6.61 Å². The standard InChI is InChI=1S/C16H18N4O7S2/c1-6(21)24-4-9-11(25-7(2)22)12(26-8(3)23)15(27-9)20-5-17-13-10(20)14(28)19-16(29)18-13/h5,9,11-12,15H,4H2,1-3H3,(H2,18,19,28,29)/t9-,11+,12-,15+/m0/s1. The van der Waals surface area contributed by atoms with Crippen LogP contribution in [0.4, 0.5) is 0 Å². The minimum atomic E-state index is -1.04. The fraction of sp³-hybridized carbons (Fsp3) is 0.500. The van der Waals surface area contributed by atoms with E-state index in [2.05, 4.69) is 15.0 Å². The van der Waals surface area contributed by atoms with E-state index < -0.39 is 42.4 Å². The van der Waals surface area contributed by atoms with Crippen LogP contribution in [0.1, 0.15) is 27.0 Å². The molecular formula is C16H18N4O7S2. The van der Waals surface area contributed by atoms with Gasteiger partial charge in [-0.05, 0) is 12.2 Å². The highest BCUT2D eigenvalue weighted by Gasteiger charge is 2.51. The van der Waals surface area contributed by atoms with Crippen LogP contribution in [0, 0.1) is 9.41 Å². The van der Waals surface area contributed by atoms with Crippen LogP contribution in [0.15, 0.2) is 6.33 Å². The first kappa shape index (κ1) is 21.1. The van der Waals surface area contributed by atoms with Gasteiger partial charge in [-0.2, -0.15) is 0 Å². The molecule has 3 rings (SSSR count). The van der Waals surface area contributed by atoms with Gasteiger partial charge in [0.05, 0.1) is 6.33 Å². The summed E-state index contributed by atoms with van der Waals surface area (Å²) in [5.74, 6) is -1.75. The Bertz CT molecular complexity index is 1080. The number of carbonyl (C=O) groups excluding carboxylic acids is 3. The molecule has 1 saturated heterocycles. The smallest absolute Gasteiger partial charge is 0.303 e. The molecule has 4 atom stereocenters. The highest BCUT2D eigenvalue weighted by Crippen LogP contribution is 2.36. The number of carbonyl (C=O) groups is 3. The van der Waals surface area contributed by atoms with Gasteiger partial charge in [0.15, 0.2) is 28.9 Å². The number of esters is 3. The van der Waals surface area contributed by atoms with Crippen LogP contribution >= 0.6 is 24.4 Å². The second-order valence-corrected chi connectivity index (χ2v) is 7.09. The summed E-state index contributed by atoms with van der Waals surface area (Å²) < 4.78 is 23.8. The first-order valence-electron chi connectivity index (χ1n) is 8.49. The number of aromatic nitrogens is 4. The molecule has 3 heterocycles. The third kappa shape index (κ3) is 4.52. The van der Waals surface area contributed by atoms with E-state index in [1.807, 2.05) is 0 Å². The fourth-order valence-corrected chi connectivity index (χ4v) is 3.66. The summed E-state index contributed by atoms with van der Waals surface area (Å²) in [7, 11) is 0. The molecule has 0 aliphatic carbocycles. The summed E-state index contributed by atoms with van der Waals surface area (Å²) in [6.07, 6.45) is -2.45. The number of rotatable bonds is 5. The van der Waals surface area contributed by atoms with E-state index in [1.54, 1.807) is 0 Å². The van der Waals surface area contributed by atoms with Crippen molar-refractivity contribution in [2.24, 2.45) is 0 Å². The van der Waals surface area contributed by atoms with Crippen LogP contribution in [0.5, 0.6) is 0 Å². The first-order chi connectivity index (χ1) is 13.7. The zero-order valence-corrected chi connectivity index (χ0v) is 17.3. The van der Waals surface area contributed by atoms with Crippen molar-refractivity contribution < 1.29 is 33.3 Å². The topological polar surface area (TPSA) is 138 Å². The van der Waals surface area contributed by atoms with E-state index in [-0.39, 0.29) is 6.61 Å². The number of imidazole rings is 1. The van der Waals surface area contributed by atoms with Crippen molar-refractivity contribution in [2.45, 2.75) is 45.3 Å². The van der Waals surface area contributed by atoms with Gasteiger partial charge in [-0.1, -0.05) is 12.2 Å². The lowest BCUT2D eigenvalue weighted by Crippen LogP contribution is -2.40. The molecule has 13 heteroatoms. The summed E-state index contributed by atoms with van der Waals surface area (Å²) >= 11 is 10.4. The van der Waals surface area contributed by atoms with Gasteiger partial charge in [0, 0.05) is 20.8 Å². The van der Waals surface area contributed by atoms with Gasteiger partial charge in [0.1, 0.15) is 22.9 Å². The van der Waals surface area contributed by atoms with Gasteiger partial charge in [-0.25, -0.2) is 4.98 Å². The Balaban J connectivity index is 2.06. The van der Waals surface area contributed by atoms with Crippen LogP contribution in [-0.4, -0.2) is 62.3 Å². The molecule has 2 aromatic heterocycles. The molecule has 0 unspecified atom stereocenters. The fourth-order valence-electron chi connectivity index (χ4n) is 3.09. The molecule has 0 bridgehead atoms. The lowest BCUT2D eigenvalue weighted by atomic mass is 10.1. The Hall–Kier alpha value is -2.64. The Morgan fingerprint density at radius 1 is 1.10 bits per heavy atom. The van der Waals surface area contributed by atoms with E-state index >= 15 is 0 Å². The Morgan fingerprint density at radius 2 is 1.76 bits per heavy atom. The first-order valence-corrected chi connectivity index (χ1v) is 9.31. The zero-order chi connectivity index (χ0) is 21.3. The van der Waals surface area contributed by atoms with E-state index in [0.29, 0.717) is 20.6 Å². The van der Waals surface area contributed by atoms with Crippen molar-refractivity contribution >= 4 is 53.5 Å². The average molecular weight is 442 g/mol. The molecule has 1 fully saturated rings. The highest BCUT2D eigenvalue weighted by molar-refractivity contribution is 7.72. The van der Waals surface area contributed by atoms with E-state index in [4.69, 9.17) is 43.4 Å². The summed E-state index contributed by atoms with van der Waals surface area (Å²) in [6.45, 7) is 3.46. The number of H-pyrrole nitrogens is 2. The predicted molar refractivity (Wildman–Crippen MR) is 102 cm³/mol. The zero-order valence-electron chi connectivity index (χ0n) is 15.7. The highest BCUT2D eigenvalue weighted by atomic mass is 32.1. The molecule has 1 aliphatic heterocycles. The third-order valence-corrected chi connectivity index (χ3v) is 4.58. The number of hydrogen-bond acceptors (Lipinski definition) is 10. The summed E-state index contributed by atoms with van der Waals surface area (Å²) in [6, 6.07) is 0. The number of fused-ring (bicyclic) bond motifs is 1. The Morgan fingerprint density at radius 3 is 2.38 bits per heavy atom. The van der Waals surface area contributed by atoms with Crippen molar-refractivity contribution in [3.05, 3.63) is 15.7 Å². The molecule has 0 saturated carbocycles. The Kier molecular flexibility index (Phi) is 6.10. The molecule has 1 aliphatic rings. The van der Waals surface area contributed by atoms with Gasteiger partial charge in [0.25, 0.3) is 0 Å². The number of nitrogens with zero attached hydrogens (tertiary/aromatic N) is 2. The van der Waals surface area contributed by atoms with Crippen molar-refractivity contribution in [1.29, 1.82) is 0 Å². The van der Waals surface area contributed by atoms with Crippen molar-refractivity contribution in [1.82, 2.24) is 19.5 Å². The van der Waals surface area contributed by atoms with Crippen LogP contribution in [0.2, 0.25) is 0 Å². The SMILES string of the molecule is CC(=O)OC[C@@H]1O[C@@H](n2cnc3[nH]c(=S)[nH]c(=S)c32)[C@@H](OC(C)=O)[C@@H]1OC(C)=O. The van der Waals surface area contributed by atoms with Crippen LogP contribution < -0.4 is 0 Å². The lowest BCUT2D eigenvalue weighted by Gasteiger charge is -2.23. The normalized spacial score (nSPS) is 23.7. The van der Waals surface area contributed by atoms with Gasteiger partial charge in [0.2, 0.25) is 0 Å². The van der Waals surface area contributed by atoms with Gasteiger partial charge in [-0.15, -0.1) is 0 Å². The van der Waals surface area contributed by atoms with E-state index in [1.165, 1.54) is 31.7 Å². The molecule has 0 amide bonds. The second kappa shape index (κ2) is 8.39. The maximum atomic E-state index is 11.7. The molecule has 2 N–H and O–H groups in total. The monoisotopic (exact) mass is 442 g/mol. The molecule has 2 aromatic rings. The molecule has 11 nitrogen and oxygen atoms in total. The maximum absolute atomic E-state index is 11.7. The molecule has 0 aromatic carbocycles. The largest absolute Gasteiger partial charge is 0.463 e. The maximum Gasteiger partial charge on any atom is 0.303 e. The average Bonchev–Trinajstić information content (AvgIpc) is 3.14. The molecule has 156 valence electrons. The van der Waals surface area contributed by atoms with E-state index in [9.17, 15) is 14.4 Å². The number of aromatic amines is 2. The predicted octanol–water partition coefficient (Wildman–Crippen LogP) is 1.48. The third-order valence-electron chi connectivity index (χ3n) is 4.08. The van der Waals surface area contributed by atoms with Gasteiger partial charge < -0.3 is 28.9 Å². The number of nitrogens with one attached hydrogen (secondary N) is 2. The van der Waals surface area contributed by atoms with Crippen molar-refractivity contribution in [3.8, 4) is 0 Å². The minimum absolute atomic E-state index is 0.205. The van der Waals surface area contributed by atoms with E-state index in [0.717, 1.165) is 0 Å². The molecule has 0 spiro atoms. The summed E-state index contributed by atoms with van der Waals surface area (Å²) in [5.41, 5.74) is 0.849. The molecule has 0 radical (unpaired) electrons. The van der Waals surface area contributed by atoms with Crippen LogP contribution in [-0.2, 0) is 33.3 Å². The summed E-state index contributed by atoms with van der Waals surface area (Å²) in [4.78, 5) is 44.5. The lowest BCUT2D eigenvalue weighted by molar-refractivity contribution is -0.166. The Labute approximate surface area is 174 Å². The quantitative estimate of drug-likeness (QED) is 0.398. The number of ether oxygens (including phenoxy) is 4. The van der Waals surface area contributed by atoms with Crippen molar-refractivity contribution in [3.63, 3.8) is 0 Å². The molecular weight excluding hydrogens is 424 g/mol.